The lowest BCUT2D eigenvalue weighted by molar-refractivity contribution is 0.0650. The molecule has 1 saturated carbocycles. The fourth-order valence-electron chi connectivity index (χ4n) is 4.40. The van der Waals surface area contributed by atoms with Crippen molar-refractivity contribution in [2.75, 3.05) is 6.54 Å². The van der Waals surface area contributed by atoms with Gasteiger partial charge in [0.15, 0.2) is 0 Å². The molecule has 3 aromatic rings. The Hall–Kier alpha value is -2.63. The first-order chi connectivity index (χ1) is 13.5. The second kappa shape index (κ2) is 7.41. The van der Waals surface area contributed by atoms with Crippen LogP contribution in [0.4, 0.5) is 0 Å². The molecule has 3 aromatic heterocycles. The van der Waals surface area contributed by atoms with Crippen molar-refractivity contribution < 1.29 is 13.7 Å². The maximum Gasteiger partial charge on any atom is 0.259 e. The minimum absolute atomic E-state index is 0.0345. The largest absolute Gasteiger partial charge is 0.466 e. The third-order valence-electron chi connectivity index (χ3n) is 5.78. The maximum atomic E-state index is 13.6. The average molecular weight is 381 g/mol. The number of amides is 1. The van der Waals surface area contributed by atoms with E-state index in [1.54, 1.807) is 0 Å². The Labute approximate surface area is 164 Å². The molecule has 28 heavy (non-hydrogen) atoms. The van der Waals surface area contributed by atoms with Crippen molar-refractivity contribution in [3.63, 3.8) is 0 Å². The standard InChI is InChI=1S/C22H27N3O3/c1-5-25(16-9-7-6-8-10-16)22(26)18-12-19(17-11-13(2)27-15(17)4)23-21-20(18)14(3)24-28-21/h11-12,16H,5-10H2,1-4H3. The van der Waals surface area contributed by atoms with Crippen LogP contribution in [0.2, 0.25) is 0 Å². The van der Waals surface area contributed by atoms with Gasteiger partial charge >= 0.3 is 0 Å². The average Bonchev–Trinajstić information content (AvgIpc) is 3.24. The fraction of sp³-hybridized carbons (Fsp3) is 0.500. The molecule has 1 aliphatic rings. The van der Waals surface area contributed by atoms with Crippen molar-refractivity contribution in [1.82, 2.24) is 15.0 Å². The number of hydrogen-bond donors (Lipinski definition) is 0. The van der Waals surface area contributed by atoms with Crippen LogP contribution in [0.15, 0.2) is 21.1 Å². The van der Waals surface area contributed by atoms with E-state index in [4.69, 9.17) is 8.94 Å². The summed E-state index contributed by atoms with van der Waals surface area (Å²) in [6.07, 6.45) is 5.78. The lowest BCUT2D eigenvalue weighted by Gasteiger charge is -2.33. The fourth-order valence-corrected chi connectivity index (χ4v) is 4.40. The Balaban J connectivity index is 1.83. The number of carbonyl (C=O) groups is 1. The summed E-state index contributed by atoms with van der Waals surface area (Å²) in [7, 11) is 0. The Morgan fingerprint density at radius 3 is 2.57 bits per heavy atom. The van der Waals surface area contributed by atoms with E-state index in [2.05, 4.69) is 17.1 Å². The molecular formula is C22H27N3O3. The number of carbonyl (C=O) groups excluding carboxylic acids is 1. The number of pyridine rings is 1. The predicted octanol–water partition coefficient (Wildman–Crippen LogP) is 5.20. The van der Waals surface area contributed by atoms with Crippen molar-refractivity contribution in [3.05, 3.63) is 34.9 Å². The van der Waals surface area contributed by atoms with E-state index >= 15 is 0 Å². The minimum Gasteiger partial charge on any atom is -0.466 e. The van der Waals surface area contributed by atoms with E-state index in [0.717, 1.165) is 29.9 Å². The predicted molar refractivity (Wildman–Crippen MR) is 107 cm³/mol. The summed E-state index contributed by atoms with van der Waals surface area (Å²) in [5.41, 5.74) is 3.27. The molecule has 0 N–H and O–H groups in total. The van der Waals surface area contributed by atoms with Crippen LogP contribution in [-0.2, 0) is 0 Å². The molecule has 0 unspecified atom stereocenters. The highest BCUT2D eigenvalue weighted by molar-refractivity contribution is 6.07. The van der Waals surface area contributed by atoms with Crippen LogP contribution in [0.1, 0.15) is 66.6 Å². The number of furan rings is 1. The lowest BCUT2D eigenvalue weighted by Crippen LogP contribution is -2.41. The van der Waals surface area contributed by atoms with Crippen molar-refractivity contribution in [2.45, 2.75) is 65.8 Å². The van der Waals surface area contributed by atoms with Crippen LogP contribution in [0.25, 0.3) is 22.4 Å². The highest BCUT2D eigenvalue weighted by Gasteiger charge is 2.28. The molecule has 0 radical (unpaired) electrons. The Morgan fingerprint density at radius 2 is 1.93 bits per heavy atom. The van der Waals surface area contributed by atoms with Crippen molar-refractivity contribution in [1.29, 1.82) is 0 Å². The van der Waals surface area contributed by atoms with E-state index in [9.17, 15) is 4.79 Å². The van der Waals surface area contributed by atoms with E-state index in [1.807, 2.05) is 37.8 Å². The van der Waals surface area contributed by atoms with Gasteiger partial charge in [-0.2, -0.15) is 0 Å². The summed E-state index contributed by atoms with van der Waals surface area (Å²) >= 11 is 0. The first-order valence-corrected chi connectivity index (χ1v) is 10.1. The van der Waals surface area contributed by atoms with Gasteiger partial charge in [-0.3, -0.25) is 4.79 Å². The molecule has 4 rings (SSSR count). The first-order valence-electron chi connectivity index (χ1n) is 10.1. The van der Waals surface area contributed by atoms with E-state index < -0.39 is 0 Å². The van der Waals surface area contributed by atoms with Gasteiger partial charge in [-0.05, 0) is 52.7 Å². The van der Waals surface area contributed by atoms with Crippen LogP contribution in [0.3, 0.4) is 0 Å². The Bertz CT molecular complexity index is 1010. The zero-order valence-corrected chi connectivity index (χ0v) is 17.0. The van der Waals surface area contributed by atoms with Gasteiger partial charge < -0.3 is 13.8 Å². The highest BCUT2D eigenvalue weighted by Crippen LogP contribution is 2.32. The molecule has 0 spiro atoms. The summed E-state index contributed by atoms with van der Waals surface area (Å²) in [6.45, 7) is 8.41. The third kappa shape index (κ3) is 3.21. The van der Waals surface area contributed by atoms with Gasteiger partial charge in [-0.15, -0.1) is 0 Å². The molecule has 3 heterocycles. The summed E-state index contributed by atoms with van der Waals surface area (Å²) in [4.78, 5) is 20.3. The molecule has 0 aliphatic heterocycles. The van der Waals surface area contributed by atoms with Crippen LogP contribution < -0.4 is 0 Å². The van der Waals surface area contributed by atoms with Crippen molar-refractivity contribution >= 4 is 17.0 Å². The van der Waals surface area contributed by atoms with Crippen LogP contribution in [0, 0.1) is 20.8 Å². The zero-order chi connectivity index (χ0) is 19.8. The molecule has 6 nitrogen and oxygen atoms in total. The molecule has 1 amide bonds. The van der Waals surface area contributed by atoms with Crippen molar-refractivity contribution in [3.8, 4) is 11.3 Å². The highest BCUT2D eigenvalue weighted by atomic mass is 16.5. The number of fused-ring (bicyclic) bond motifs is 1. The van der Waals surface area contributed by atoms with Gasteiger partial charge in [-0.25, -0.2) is 4.98 Å². The van der Waals surface area contributed by atoms with Gasteiger partial charge in [-0.1, -0.05) is 24.4 Å². The topological polar surface area (TPSA) is 72.4 Å². The molecule has 1 fully saturated rings. The Morgan fingerprint density at radius 1 is 1.18 bits per heavy atom. The zero-order valence-electron chi connectivity index (χ0n) is 17.0. The van der Waals surface area contributed by atoms with Gasteiger partial charge in [0, 0.05) is 18.2 Å². The van der Waals surface area contributed by atoms with Gasteiger partial charge in [0.2, 0.25) is 0 Å². The molecule has 0 bridgehead atoms. The minimum atomic E-state index is 0.0345. The lowest BCUT2D eigenvalue weighted by atomic mass is 9.93. The normalized spacial score (nSPS) is 15.3. The number of aryl methyl sites for hydroxylation is 3. The quantitative estimate of drug-likeness (QED) is 0.621. The maximum absolute atomic E-state index is 13.6. The van der Waals surface area contributed by atoms with Crippen LogP contribution in [0.5, 0.6) is 0 Å². The number of rotatable bonds is 4. The SMILES string of the molecule is CCN(C(=O)c1cc(-c2cc(C)oc2C)nc2onc(C)c12)C1CCCCC1. The van der Waals surface area contributed by atoms with Crippen molar-refractivity contribution in [2.24, 2.45) is 0 Å². The second-order valence-corrected chi connectivity index (χ2v) is 7.71. The smallest absolute Gasteiger partial charge is 0.259 e. The number of nitrogens with zero attached hydrogens (tertiary/aromatic N) is 3. The number of aromatic nitrogens is 2. The second-order valence-electron chi connectivity index (χ2n) is 7.71. The Kier molecular flexibility index (Phi) is 4.96. The summed E-state index contributed by atoms with van der Waals surface area (Å²) < 4.78 is 11.1. The molecule has 0 aromatic carbocycles. The third-order valence-corrected chi connectivity index (χ3v) is 5.78. The summed E-state index contributed by atoms with van der Waals surface area (Å²) in [5.74, 6) is 1.62. The van der Waals surface area contributed by atoms with Gasteiger partial charge in [0.1, 0.15) is 11.5 Å². The van der Waals surface area contributed by atoms with Crippen LogP contribution >= 0.6 is 0 Å². The molecule has 0 saturated heterocycles. The number of hydrogen-bond acceptors (Lipinski definition) is 5. The molecular weight excluding hydrogens is 354 g/mol. The first kappa shape index (κ1) is 18.7. The van der Waals surface area contributed by atoms with E-state index in [1.165, 1.54) is 19.3 Å². The van der Waals surface area contributed by atoms with E-state index in [0.29, 0.717) is 40.6 Å². The summed E-state index contributed by atoms with van der Waals surface area (Å²) in [5, 5.41) is 4.78. The molecule has 1 aliphatic carbocycles. The monoisotopic (exact) mass is 381 g/mol. The van der Waals surface area contributed by atoms with Gasteiger partial charge in [0.25, 0.3) is 11.6 Å². The molecule has 6 heteroatoms. The molecule has 0 atom stereocenters. The summed E-state index contributed by atoms with van der Waals surface area (Å²) in [6, 6.07) is 4.12. The van der Waals surface area contributed by atoms with E-state index in [-0.39, 0.29) is 5.91 Å². The van der Waals surface area contributed by atoms with Crippen LogP contribution in [-0.4, -0.2) is 33.5 Å². The van der Waals surface area contributed by atoms with Gasteiger partial charge in [0.05, 0.1) is 22.3 Å². The molecule has 148 valence electrons.